The van der Waals surface area contributed by atoms with Crippen molar-refractivity contribution in [3.8, 4) is 0 Å². The van der Waals surface area contributed by atoms with Gasteiger partial charge in [0.1, 0.15) is 31.5 Å². The van der Waals surface area contributed by atoms with Gasteiger partial charge in [-0.1, -0.05) is 6.92 Å². The average molecular weight is 465 g/mol. The zero-order valence-electron chi connectivity index (χ0n) is 18.1. The van der Waals surface area contributed by atoms with Gasteiger partial charge in [-0.2, -0.15) is 0 Å². The number of guanidine groups is 1. The topological polar surface area (TPSA) is 190 Å². The minimum Gasteiger partial charge on any atom is -0.392 e. The Labute approximate surface area is 189 Å². The van der Waals surface area contributed by atoms with Crippen LogP contribution in [0.1, 0.15) is 19.8 Å². The average Bonchev–Trinajstić information content (AvgIpc) is 3.20. The highest BCUT2D eigenvalue weighted by atomic mass is 16.5. The maximum atomic E-state index is 13.6. The number of hydrogen-bond donors (Lipinski definition) is 4. The van der Waals surface area contributed by atoms with Crippen molar-refractivity contribution in [2.45, 2.75) is 50.2 Å². The lowest BCUT2D eigenvalue weighted by atomic mass is 9.98. The van der Waals surface area contributed by atoms with E-state index in [1.807, 2.05) is 0 Å². The lowest BCUT2D eigenvalue weighted by Gasteiger charge is -2.55. The Morgan fingerprint density at radius 1 is 1.18 bits per heavy atom. The number of aliphatic hydroxyl groups excluding tert-OH is 1. The third-order valence-corrected chi connectivity index (χ3v) is 6.49. The highest BCUT2D eigenvalue weighted by Crippen LogP contribution is 2.30. The van der Waals surface area contributed by atoms with Crippen LogP contribution in [0.25, 0.3) is 0 Å². The Balaban J connectivity index is 1.74. The van der Waals surface area contributed by atoms with Gasteiger partial charge >= 0.3 is 0 Å². The molecule has 33 heavy (non-hydrogen) atoms. The molecule has 4 aliphatic rings. The number of ether oxygens (including phenoxy) is 1. The molecule has 14 nitrogen and oxygen atoms in total. The molecule has 180 valence electrons. The van der Waals surface area contributed by atoms with Crippen molar-refractivity contribution in [2.75, 3.05) is 32.8 Å². The molecule has 0 spiro atoms. The van der Waals surface area contributed by atoms with Gasteiger partial charge in [-0.05, 0) is 12.8 Å². The van der Waals surface area contributed by atoms with Crippen molar-refractivity contribution in [2.24, 2.45) is 5.73 Å². The molecule has 0 aliphatic carbocycles. The summed E-state index contributed by atoms with van der Waals surface area (Å²) in [6.07, 6.45) is -1.34. The van der Waals surface area contributed by atoms with E-state index in [-0.39, 0.29) is 45.7 Å². The molecule has 0 radical (unpaired) electrons. The normalized spacial score (nSPS) is 33.0. The largest absolute Gasteiger partial charge is 0.392 e. The van der Waals surface area contributed by atoms with Crippen molar-refractivity contribution in [1.82, 2.24) is 24.9 Å². The van der Waals surface area contributed by atoms with Crippen LogP contribution in [-0.2, 0) is 28.7 Å². The van der Waals surface area contributed by atoms with E-state index in [1.165, 1.54) is 9.80 Å². The molecule has 0 aromatic carbocycles. The smallest absolute Gasteiger partial charge is 0.256 e. The first kappa shape index (κ1) is 23.1. The summed E-state index contributed by atoms with van der Waals surface area (Å²) >= 11 is 0. The lowest BCUT2D eigenvalue weighted by molar-refractivity contribution is -0.185. The molecular weight excluding hydrogens is 438 g/mol. The van der Waals surface area contributed by atoms with Gasteiger partial charge < -0.3 is 30.7 Å². The number of piperazine rings is 1. The third kappa shape index (κ3) is 3.83. The molecule has 4 rings (SSSR count). The van der Waals surface area contributed by atoms with Crippen LogP contribution >= 0.6 is 0 Å². The Morgan fingerprint density at radius 2 is 1.85 bits per heavy atom. The SMILES string of the molecule is CC[C@@H]1C(=O)N(C(=N)N)CC2N(C(=O)[C@@H]3C[C@@H](O)CN3)C[C@@H](N3C(=O)COCC3=O)C(=O)N21. The molecule has 4 aliphatic heterocycles. The molecule has 1 unspecified atom stereocenters. The van der Waals surface area contributed by atoms with Crippen molar-refractivity contribution < 1.29 is 33.8 Å². The number of rotatable bonds is 3. The van der Waals surface area contributed by atoms with E-state index in [2.05, 4.69) is 5.32 Å². The van der Waals surface area contributed by atoms with Gasteiger partial charge in [0.2, 0.25) is 11.8 Å². The second kappa shape index (κ2) is 8.68. The fourth-order valence-corrected chi connectivity index (χ4v) is 4.93. The van der Waals surface area contributed by atoms with Crippen LogP contribution in [0, 0.1) is 5.41 Å². The number of β-amino-alcohol motifs (C(OH)–C–C–N with tert-alkyl or cyclic N) is 1. The fraction of sp³-hybridized carbons (Fsp3) is 0.684. The number of amides is 5. The molecule has 0 bridgehead atoms. The molecule has 0 saturated carbocycles. The fourth-order valence-electron chi connectivity index (χ4n) is 4.93. The maximum Gasteiger partial charge on any atom is 0.256 e. The van der Waals surface area contributed by atoms with E-state index in [9.17, 15) is 29.1 Å². The van der Waals surface area contributed by atoms with Crippen LogP contribution in [-0.4, -0.2) is 123 Å². The van der Waals surface area contributed by atoms with E-state index in [0.717, 1.165) is 9.80 Å². The first-order valence-electron chi connectivity index (χ1n) is 10.8. The number of morpholine rings is 1. The summed E-state index contributed by atoms with van der Waals surface area (Å²) in [6, 6.07) is -3.09. The Bertz CT molecular complexity index is 895. The van der Waals surface area contributed by atoms with Crippen LogP contribution < -0.4 is 11.1 Å². The number of imide groups is 1. The summed E-state index contributed by atoms with van der Waals surface area (Å²) in [5.41, 5.74) is 5.60. The van der Waals surface area contributed by atoms with Gasteiger partial charge in [-0.25, -0.2) is 0 Å². The van der Waals surface area contributed by atoms with Crippen LogP contribution in [0.5, 0.6) is 0 Å². The zero-order chi connectivity index (χ0) is 24.0. The molecule has 14 heteroatoms. The second-order valence-corrected chi connectivity index (χ2v) is 8.49. The summed E-state index contributed by atoms with van der Waals surface area (Å²) in [5, 5.41) is 20.6. The highest BCUT2D eigenvalue weighted by Gasteiger charge is 2.55. The van der Waals surface area contributed by atoms with Crippen LogP contribution in [0.2, 0.25) is 0 Å². The quantitative estimate of drug-likeness (QED) is 0.183. The second-order valence-electron chi connectivity index (χ2n) is 8.49. The monoisotopic (exact) mass is 465 g/mol. The zero-order valence-corrected chi connectivity index (χ0v) is 18.1. The number of nitrogens with two attached hydrogens (primary N) is 1. The van der Waals surface area contributed by atoms with Crippen LogP contribution in [0.15, 0.2) is 0 Å². The minimum absolute atomic E-state index is 0.155. The lowest BCUT2D eigenvalue weighted by Crippen LogP contribution is -2.78. The highest BCUT2D eigenvalue weighted by molar-refractivity contribution is 6.05. The molecule has 5 N–H and O–H groups in total. The number of carbonyl (C=O) groups excluding carboxylic acids is 5. The standard InChI is InChI=1S/C19H27N7O7/c1-2-11-17(31)24(19(20)21)6-13-23(16(30)10-3-9(27)4-22-10)5-12(18(32)25(11)13)26-14(28)7-33-8-15(26)29/h9-13,22,27H,2-8H2,1H3,(H3,20,21)/t9-,10+,11-,12-,13?/m1/s1. The van der Waals surface area contributed by atoms with Gasteiger partial charge in [-0.15, -0.1) is 0 Å². The van der Waals surface area contributed by atoms with Gasteiger partial charge in [0.25, 0.3) is 17.7 Å². The Kier molecular flexibility index (Phi) is 6.07. The molecule has 4 heterocycles. The van der Waals surface area contributed by atoms with Crippen molar-refractivity contribution in [1.29, 1.82) is 5.41 Å². The van der Waals surface area contributed by atoms with Gasteiger partial charge in [-0.3, -0.25) is 39.2 Å². The molecule has 4 fully saturated rings. The first-order chi connectivity index (χ1) is 15.6. The van der Waals surface area contributed by atoms with Gasteiger partial charge in [0.15, 0.2) is 5.96 Å². The predicted molar refractivity (Wildman–Crippen MR) is 109 cm³/mol. The predicted octanol–water partition coefficient (Wildman–Crippen LogP) is -4.03. The van der Waals surface area contributed by atoms with Crippen molar-refractivity contribution in [3.05, 3.63) is 0 Å². The van der Waals surface area contributed by atoms with E-state index in [1.54, 1.807) is 6.92 Å². The Hall–Kier alpha value is -3.10. The van der Waals surface area contributed by atoms with Crippen molar-refractivity contribution >= 4 is 35.5 Å². The summed E-state index contributed by atoms with van der Waals surface area (Å²) < 4.78 is 4.94. The van der Waals surface area contributed by atoms with E-state index in [0.29, 0.717) is 0 Å². The molecule has 0 aromatic rings. The molecular formula is C19H27N7O7. The number of fused-ring (bicyclic) bond motifs is 1. The van der Waals surface area contributed by atoms with Crippen LogP contribution in [0.3, 0.4) is 0 Å². The number of carbonyl (C=O) groups is 5. The van der Waals surface area contributed by atoms with Crippen LogP contribution in [0.4, 0.5) is 0 Å². The number of hydrogen-bond acceptors (Lipinski definition) is 9. The maximum absolute atomic E-state index is 13.6. The summed E-state index contributed by atoms with van der Waals surface area (Å²) in [5.74, 6) is -3.56. The summed E-state index contributed by atoms with van der Waals surface area (Å²) in [4.78, 5) is 69.4. The molecule has 5 atom stereocenters. The van der Waals surface area contributed by atoms with Crippen molar-refractivity contribution in [3.63, 3.8) is 0 Å². The number of nitrogens with one attached hydrogen (secondary N) is 2. The minimum atomic E-state index is -1.31. The number of aliphatic hydroxyl groups is 1. The summed E-state index contributed by atoms with van der Waals surface area (Å²) in [6.45, 7) is 0.647. The summed E-state index contributed by atoms with van der Waals surface area (Å²) in [7, 11) is 0. The third-order valence-electron chi connectivity index (χ3n) is 6.49. The van der Waals surface area contributed by atoms with E-state index < -0.39 is 65.9 Å². The number of nitrogens with zero attached hydrogens (tertiary/aromatic N) is 4. The van der Waals surface area contributed by atoms with E-state index >= 15 is 0 Å². The molecule has 5 amide bonds. The van der Waals surface area contributed by atoms with E-state index in [4.69, 9.17) is 15.9 Å². The molecule has 0 aromatic heterocycles. The van der Waals surface area contributed by atoms with Gasteiger partial charge in [0.05, 0.1) is 25.2 Å². The van der Waals surface area contributed by atoms with Gasteiger partial charge in [0, 0.05) is 6.54 Å². The molecule has 4 saturated heterocycles. The first-order valence-corrected chi connectivity index (χ1v) is 10.8. The Morgan fingerprint density at radius 3 is 2.39 bits per heavy atom.